The summed E-state index contributed by atoms with van der Waals surface area (Å²) >= 11 is 5.16. The van der Waals surface area contributed by atoms with Gasteiger partial charge in [-0.2, -0.15) is 0 Å². The van der Waals surface area contributed by atoms with Crippen molar-refractivity contribution in [1.82, 2.24) is 0 Å². The molecule has 0 unspecified atom stereocenters. The molecule has 0 amide bonds. The van der Waals surface area contributed by atoms with Crippen LogP contribution in [0.25, 0.3) is 0 Å². The van der Waals surface area contributed by atoms with E-state index in [1.165, 1.54) is 5.56 Å². The molecule has 0 saturated heterocycles. The Hall–Kier alpha value is -1.87. The molecule has 0 aliphatic heterocycles. The molecule has 2 aromatic rings. The monoisotopic (exact) mass is 314 g/mol. The first-order chi connectivity index (χ1) is 10.6. The minimum Gasteiger partial charge on any atom is -0.488 e. The molecule has 0 fully saturated rings. The molecule has 0 heterocycles. The Morgan fingerprint density at radius 2 is 1.82 bits per heavy atom. The highest BCUT2D eigenvalue weighted by atomic mass is 32.1. The number of benzene rings is 2. The maximum atomic E-state index is 5.95. The highest BCUT2D eigenvalue weighted by Crippen LogP contribution is 2.24. The van der Waals surface area contributed by atoms with Gasteiger partial charge in [0.15, 0.2) is 5.05 Å². The molecule has 0 aromatic heterocycles. The molecule has 22 heavy (non-hydrogen) atoms. The van der Waals surface area contributed by atoms with Gasteiger partial charge in [0.05, 0.1) is 0 Å². The summed E-state index contributed by atoms with van der Waals surface area (Å²) in [6.07, 6.45) is 1.76. The van der Waals surface area contributed by atoms with Crippen LogP contribution in [0.5, 0.6) is 11.5 Å². The predicted molar refractivity (Wildman–Crippen MR) is 94.8 cm³/mol. The van der Waals surface area contributed by atoms with E-state index in [2.05, 4.69) is 26.0 Å². The van der Waals surface area contributed by atoms with E-state index >= 15 is 0 Å². The van der Waals surface area contributed by atoms with E-state index in [-0.39, 0.29) is 0 Å². The van der Waals surface area contributed by atoms with Gasteiger partial charge in [0, 0.05) is 12.0 Å². The molecule has 0 atom stereocenters. The first-order valence-electron chi connectivity index (χ1n) is 7.65. The lowest BCUT2D eigenvalue weighted by molar-refractivity contribution is 0.300. The van der Waals surface area contributed by atoms with Crippen molar-refractivity contribution in [3.63, 3.8) is 0 Å². The van der Waals surface area contributed by atoms with Crippen LogP contribution in [0, 0.1) is 6.92 Å². The van der Waals surface area contributed by atoms with Crippen LogP contribution in [-0.4, -0.2) is 5.05 Å². The van der Waals surface area contributed by atoms with Gasteiger partial charge in [-0.1, -0.05) is 44.2 Å². The number of hydrogen-bond acceptors (Lipinski definition) is 3. The smallest absolute Gasteiger partial charge is 0.167 e. The zero-order valence-corrected chi connectivity index (χ0v) is 14.2. The summed E-state index contributed by atoms with van der Waals surface area (Å²) in [5.74, 6) is 1.68. The van der Waals surface area contributed by atoms with Crippen molar-refractivity contribution in [3.8, 4) is 11.5 Å². The summed E-state index contributed by atoms with van der Waals surface area (Å²) in [6, 6.07) is 14.2. The fourth-order valence-electron chi connectivity index (χ4n) is 2.17. The minimum atomic E-state index is 0.467. The van der Waals surface area contributed by atoms with Gasteiger partial charge in [-0.3, -0.25) is 0 Å². The number of thiocarbonyl (C=S) groups is 1. The van der Waals surface area contributed by atoms with Gasteiger partial charge < -0.3 is 9.47 Å². The Kier molecular flexibility index (Phi) is 5.96. The van der Waals surface area contributed by atoms with Crippen LogP contribution in [0.15, 0.2) is 42.5 Å². The quantitative estimate of drug-likeness (QED) is 0.678. The number of para-hydroxylation sites is 1. The Morgan fingerprint density at radius 3 is 2.50 bits per heavy atom. The Morgan fingerprint density at radius 1 is 1.05 bits per heavy atom. The van der Waals surface area contributed by atoms with E-state index in [0.29, 0.717) is 11.7 Å². The topological polar surface area (TPSA) is 18.5 Å². The molecule has 0 bridgehead atoms. The van der Waals surface area contributed by atoms with Crippen LogP contribution < -0.4 is 9.47 Å². The number of rotatable bonds is 6. The molecular weight excluding hydrogens is 292 g/mol. The molecule has 3 heteroatoms. The zero-order chi connectivity index (χ0) is 15.9. The second-order valence-corrected chi connectivity index (χ2v) is 5.63. The van der Waals surface area contributed by atoms with Crippen LogP contribution in [0.1, 0.15) is 37.0 Å². The summed E-state index contributed by atoms with van der Waals surface area (Å²) in [7, 11) is 0. The van der Waals surface area contributed by atoms with E-state index in [9.17, 15) is 0 Å². The van der Waals surface area contributed by atoms with Crippen molar-refractivity contribution in [2.75, 3.05) is 0 Å². The standard InChI is InChI=1S/C19H22O2S/c1-4-15-10-11-17(14(3)12-15)20-13-16-8-6-7-9-18(16)21-19(22)5-2/h6-12H,4-5,13H2,1-3H3. The van der Waals surface area contributed by atoms with Crippen LogP contribution >= 0.6 is 12.2 Å². The first-order valence-corrected chi connectivity index (χ1v) is 8.05. The maximum Gasteiger partial charge on any atom is 0.167 e. The van der Waals surface area contributed by atoms with Gasteiger partial charge in [-0.05, 0) is 48.8 Å². The molecular formula is C19H22O2S. The molecule has 0 aliphatic carbocycles. The van der Waals surface area contributed by atoms with Crippen molar-refractivity contribution >= 4 is 17.3 Å². The second kappa shape index (κ2) is 7.95. The summed E-state index contributed by atoms with van der Waals surface area (Å²) in [4.78, 5) is 0. The lowest BCUT2D eigenvalue weighted by atomic mass is 10.1. The third kappa shape index (κ3) is 4.31. The molecule has 2 aromatic carbocycles. The highest BCUT2D eigenvalue weighted by Gasteiger charge is 2.07. The van der Waals surface area contributed by atoms with Gasteiger partial charge in [0.25, 0.3) is 0 Å². The van der Waals surface area contributed by atoms with Crippen LogP contribution in [0.2, 0.25) is 0 Å². The van der Waals surface area contributed by atoms with Crippen molar-refractivity contribution in [2.24, 2.45) is 0 Å². The van der Waals surface area contributed by atoms with E-state index in [1.807, 2.05) is 37.3 Å². The van der Waals surface area contributed by atoms with Crippen LogP contribution in [0.3, 0.4) is 0 Å². The zero-order valence-electron chi connectivity index (χ0n) is 13.4. The van der Waals surface area contributed by atoms with Gasteiger partial charge in [-0.25, -0.2) is 0 Å². The summed E-state index contributed by atoms with van der Waals surface area (Å²) < 4.78 is 11.7. The molecule has 2 rings (SSSR count). The Labute approximate surface area is 138 Å². The lowest BCUT2D eigenvalue weighted by Crippen LogP contribution is -2.06. The van der Waals surface area contributed by atoms with Gasteiger partial charge in [0.2, 0.25) is 0 Å². The molecule has 0 spiro atoms. The summed E-state index contributed by atoms with van der Waals surface area (Å²) in [5.41, 5.74) is 3.47. The fraction of sp³-hybridized carbons (Fsp3) is 0.316. The molecule has 0 radical (unpaired) electrons. The van der Waals surface area contributed by atoms with Gasteiger partial charge >= 0.3 is 0 Å². The summed E-state index contributed by atoms with van der Waals surface area (Å²) in [5, 5.41) is 0.593. The molecule has 0 aliphatic rings. The van der Waals surface area contributed by atoms with E-state index in [4.69, 9.17) is 21.7 Å². The number of hydrogen-bond donors (Lipinski definition) is 0. The molecule has 2 nitrogen and oxygen atoms in total. The maximum absolute atomic E-state index is 5.95. The highest BCUT2D eigenvalue weighted by molar-refractivity contribution is 7.80. The number of ether oxygens (including phenoxy) is 2. The van der Waals surface area contributed by atoms with E-state index in [0.717, 1.165) is 35.5 Å². The third-order valence-electron chi connectivity index (χ3n) is 3.52. The van der Waals surface area contributed by atoms with Crippen molar-refractivity contribution in [1.29, 1.82) is 0 Å². The minimum absolute atomic E-state index is 0.467. The predicted octanol–water partition coefficient (Wildman–Crippen LogP) is 5.25. The fourth-order valence-corrected chi connectivity index (χ4v) is 2.26. The molecule has 0 N–H and O–H groups in total. The normalized spacial score (nSPS) is 10.3. The lowest BCUT2D eigenvalue weighted by Gasteiger charge is -2.13. The van der Waals surface area contributed by atoms with E-state index < -0.39 is 0 Å². The second-order valence-electron chi connectivity index (χ2n) is 5.18. The number of aryl methyl sites for hydroxylation is 2. The average molecular weight is 314 g/mol. The van der Waals surface area contributed by atoms with Gasteiger partial charge in [0.1, 0.15) is 18.1 Å². The Bertz CT molecular complexity index is 650. The van der Waals surface area contributed by atoms with Crippen LogP contribution in [0.4, 0.5) is 0 Å². The van der Waals surface area contributed by atoms with Crippen molar-refractivity contribution < 1.29 is 9.47 Å². The first kappa shape index (κ1) is 16.5. The average Bonchev–Trinajstić information content (AvgIpc) is 2.54. The third-order valence-corrected chi connectivity index (χ3v) is 3.89. The molecule has 0 saturated carbocycles. The molecule has 116 valence electrons. The Balaban J connectivity index is 2.10. The van der Waals surface area contributed by atoms with Crippen molar-refractivity contribution in [2.45, 2.75) is 40.2 Å². The van der Waals surface area contributed by atoms with Crippen LogP contribution in [-0.2, 0) is 13.0 Å². The SMILES string of the molecule is CCC(=S)Oc1ccccc1COc1ccc(CC)cc1C. The van der Waals surface area contributed by atoms with Gasteiger partial charge in [-0.15, -0.1) is 0 Å². The summed E-state index contributed by atoms with van der Waals surface area (Å²) in [6.45, 7) is 6.68. The van der Waals surface area contributed by atoms with E-state index in [1.54, 1.807) is 0 Å². The largest absolute Gasteiger partial charge is 0.488 e. The van der Waals surface area contributed by atoms with Crippen molar-refractivity contribution in [3.05, 3.63) is 59.2 Å².